The lowest BCUT2D eigenvalue weighted by molar-refractivity contribution is 0.408. The van der Waals surface area contributed by atoms with Crippen molar-refractivity contribution in [2.45, 2.75) is 58.0 Å². The number of hydrogen-bond acceptors (Lipinski definition) is 3. The molecule has 0 amide bonds. The van der Waals surface area contributed by atoms with E-state index in [0.717, 1.165) is 28.9 Å². The van der Waals surface area contributed by atoms with Crippen LogP contribution in [0.15, 0.2) is 65.7 Å². The van der Waals surface area contributed by atoms with Gasteiger partial charge >= 0.3 is 0 Å². The van der Waals surface area contributed by atoms with E-state index in [0.29, 0.717) is 30.3 Å². The fraction of sp³-hybridized carbons (Fsp3) is 0.375. The fourth-order valence-corrected chi connectivity index (χ4v) is 4.92. The third kappa shape index (κ3) is 4.99. The summed E-state index contributed by atoms with van der Waals surface area (Å²) in [6.45, 7) is 9.71. The maximum Gasteiger partial charge on any atom is 0.243 e. The molecule has 160 valence electrons. The van der Waals surface area contributed by atoms with E-state index in [9.17, 15) is 8.42 Å². The maximum absolute atomic E-state index is 13.5. The average molecular weight is 426 g/mol. The first kappa shape index (κ1) is 22.2. The van der Waals surface area contributed by atoms with Crippen molar-refractivity contribution in [3.8, 4) is 0 Å². The van der Waals surface area contributed by atoms with Crippen LogP contribution in [0.1, 0.15) is 49.1 Å². The zero-order valence-corrected chi connectivity index (χ0v) is 19.1. The van der Waals surface area contributed by atoms with Gasteiger partial charge in [0.25, 0.3) is 0 Å². The van der Waals surface area contributed by atoms with Crippen LogP contribution >= 0.6 is 0 Å². The molecule has 5 nitrogen and oxygen atoms in total. The number of hydrogen-bond donors (Lipinski definition) is 0. The van der Waals surface area contributed by atoms with Crippen LogP contribution in [0, 0.1) is 6.92 Å². The van der Waals surface area contributed by atoms with Crippen molar-refractivity contribution in [1.29, 1.82) is 0 Å². The lowest BCUT2D eigenvalue weighted by Crippen LogP contribution is -2.32. The largest absolute Gasteiger partial charge is 0.270 e. The van der Waals surface area contributed by atoms with Gasteiger partial charge < -0.3 is 0 Å². The Morgan fingerprint density at radius 2 is 1.70 bits per heavy atom. The summed E-state index contributed by atoms with van der Waals surface area (Å²) in [5.41, 5.74) is 4.19. The minimum atomic E-state index is -3.63. The minimum Gasteiger partial charge on any atom is -0.270 e. The molecule has 2 aromatic carbocycles. The molecular weight excluding hydrogens is 394 g/mol. The van der Waals surface area contributed by atoms with Crippen LogP contribution in [0.4, 0.5) is 0 Å². The molecule has 6 heteroatoms. The molecule has 0 fully saturated rings. The smallest absolute Gasteiger partial charge is 0.243 e. The Balaban J connectivity index is 1.90. The summed E-state index contributed by atoms with van der Waals surface area (Å²) in [6.07, 6.45) is 2.44. The Kier molecular flexibility index (Phi) is 7.10. The molecule has 0 radical (unpaired) electrons. The molecular formula is C24H31N3O2S. The van der Waals surface area contributed by atoms with E-state index in [1.54, 1.807) is 22.6 Å². The van der Waals surface area contributed by atoms with Crippen molar-refractivity contribution in [1.82, 2.24) is 14.1 Å². The van der Waals surface area contributed by atoms with Gasteiger partial charge in [0.05, 0.1) is 11.1 Å². The Morgan fingerprint density at radius 1 is 1.03 bits per heavy atom. The topological polar surface area (TPSA) is 55.2 Å². The van der Waals surface area contributed by atoms with Crippen molar-refractivity contribution >= 4 is 10.0 Å². The van der Waals surface area contributed by atoms with E-state index in [2.05, 4.69) is 18.9 Å². The van der Waals surface area contributed by atoms with Gasteiger partial charge in [-0.2, -0.15) is 9.40 Å². The fourth-order valence-electron chi connectivity index (χ4n) is 3.51. The van der Waals surface area contributed by atoms with Gasteiger partial charge in [-0.25, -0.2) is 8.42 Å². The number of rotatable bonds is 9. The first-order chi connectivity index (χ1) is 14.3. The summed E-state index contributed by atoms with van der Waals surface area (Å²) in [6, 6.07) is 17.3. The number of aryl methyl sites for hydroxylation is 1. The van der Waals surface area contributed by atoms with E-state index in [1.165, 1.54) is 0 Å². The molecule has 0 bridgehead atoms. The van der Waals surface area contributed by atoms with Gasteiger partial charge in [-0.05, 0) is 49.4 Å². The lowest BCUT2D eigenvalue weighted by atomic mass is 10.0. The van der Waals surface area contributed by atoms with E-state index in [-0.39, 0.29) is 0 Å². The molecule has 3 aromatic rings. The number of nitrogens with zero attached hydrogens (tertiary/aromatic N) is 3. The van der Waals surface area contributed by atoms with Gasteiger partial charge in [-0.15, -0.1) is 0 Å². The molecule has 1 aromatic heterocycles. The summed E-state index contributed by atoms with van der Waals surface area (Å²) in [7, 11) is -3.63. The van der Waals surface area contributed by atoms with E-state index < -0.39 is 10.0 Å². The summed E-state index contributed by atoms with van der Waals surface area (Å²) >= 11 is 0. The predicted molar refractivity (Wildman–Crippen MR) is 121 cm³/mol. The van der Waals surface area contributed by atoms with Gasteiger partial charge in [-0.1, -0.05) is 56.3 Å². The van der Waals surface area contributed by atoms with E-state index >= 15 is 0 Å². The third-order valence-corrected chi connectivity index (χ3v) is 7.39. The summed E-state index contributed by atoms with van der Waals surface area (Å²) < 4.78 is 30.5. The van der Waals surface area contributed by atoms with Gasteiger partial charge in [0.1, 0.15) is 0 Å². The predicted octanol–water partition coefficient (Wildman–Crippen LogP) is 4.77. The van der Waals surface area contributed by atoms with Gasteiger partial charge in [0, 0.05) is 30.9 Å². The second-order valence-electron chi connectivity index (χ2n) is 7.87. The van der Waals surface area contributed by atoms with Crippen LogP contribution in [0.25, 0.3) is 0 Å². The summed E-state index contributed by atoms with van der Waals surface area (Å²) in [4.78, 5) is 0.334. The molecule has 0 spiro atoms. The highest BCUT2D eigenvalue weighted by Crippen LogP contribution is 2.23. The van der Waals surface area contributed by atoms with E-state index in [4.69, 9.17) is 0 Å². The standard InChI is InChI=1S/C24H31N3O2S/c1-5-27-20(4)23(17-25-27)18-26(16-15-21-9-7-6-8-10-21)30(28,29)24-13-11-22(12-14-24)19(2)3/h6-14,17,19H,5,15-16,18H2,1-4H3. The summed E-state index contributed by atoms with van der Waals surface area (Å²) in [5, 5.41) is 4.39. The van der Waals surface area contributed by atoms with Crippen molar-refractivity contribution in [2.75, 3.05) is 6.54 Å². The normalized spacial score (nSPS) is 12.1. The van der Waals surface area contributed by atoms with Crippen LogP contribution in [0.3, 0.4) is 0 Å². The minimum absolute atomic E-state index is 0.312. The Hall–Kier alpha value is -2.44. The Bertz CT molecular complexity index is 1060. The first-order valence-corrected chi connectivity index (χ1v) is 11.9. The van der Waals surface area contributed by atoms with Gasteiger partial charge in [-0.3, -0.25) is 4.68 Å². The molecule has 3 rings (SSSR count). The lowest BCUT2D eigenvalue weighted by Gasteiger charge is -2.23. The van der Waals surface area contributed by atoms with Crippen molar-refractivity contribution in [3.05, 3.63) is 83.2 Å². The van der Waals surface area contributed by atoms with E-state index in [1.807, 2.05) is 61.0 Å². The molecule has 0 aliphatic carbocycles. The second-order valence-corrected chi connectivity index (χ2v) is 9.81. The van der Waals surface area contributed by atoms with Crippen LogP contribution < -0.4 is 0 Å². The number of aromatic nitrogens is 2. The molecule has 0 atom stereocenters. The molecule has 0 unspecified atom stereocenters. The first-order valence-electron chi connectivity index (χ1n) is 10.5. The molecule has 0 saturated carbocycles. The monoisotopic (exact) mass is 425 g/mol. The Morgan fingerprint density at radius 3 is 2.27 bits per heavy atom. The third-order valence-electron chi connectivity index (χ3n) is 5.53. The molecule has 0 aliphatic heterocycles. The van der Waals surface area contributed by atoms with Gasteiger partial charge in [0.15, 0.2) is 0 Å². The zero-order chi connectivity index (χ0) is 21.7. The second kappa shape index (κ2) is 9.58. The highest BCUT2D eigenvalue weighted by molar-refractivity contribution is 7.89. The number of sulfonamides is 1. The van der Waals surface area contributed by atoms with Crippen molar-refractivity contribution in [2.24, 2.45) is 0 Å². The highest BCUT2D eigenvalue weighted by Gasteiger charge is 2.26. The quantitative estimate of drug-likeness (QED) is 0.496. The van der Waals surface area contributed by atoms with Crippen molar-refractivity contribution < 1.29 is 8.42 Å². The Labute approximate surface area is 180 Å². The SMILES string of the molecule is CCn1ncc(CN(CCc2ccccc2)S(=O)(=O)c2ccc(C(C)C)cc2)c1C. The van der Waals surface area contributed by atoms with Crippen LogP contribution in [-0.4, -0.2) is 29.0 Å². The summed E-state index contributed by atoms with van der Waals surface area (Å²) in [5.74, 6) is 0.360. The van der Waals surface area contributed by atoms with Crippen LogP contribution in [0.5, 0.6) is 0 Å². The molecule has 1 heterocycles. The highest BCUT2D eigenvalue weighted by atomic mass is 32.2. The number of benzene rings is 2. The molecule has 0 saturated heterocycles. The van der Waals surface area contributed by atoms with Crippen molar-refractivity contribution in [3.63, 3.8) is 0 Å². The van der Waals surface area contributed by atoms with Gasteiger partial charge in [0.2, 0.25) is 10.0 Å². The van der Waals surface area contributed by atoms with Crippen LogP contribution in [-0.2, 0) is 29.5 Å². The molecule has 0 aliphatic rings. The average Bonchev–Trinajstić information content (AvgIpc) is 3.11. The maximum atomic E-state index is 13.5. The zero-order valence-electron chi connectivity index (χ0n) is 18.2. The van der Waals surface area contributed by atoms with Crippen LogP contribution in [0.2, 0.25) is 0 Å². The molecule has 0 N–H and O–H groups in total. The molecule has 30 heavy (non-hydrogen) atoms.